The summed E-state index contributed by atoms with van der Waals surface area (Å²) in [7, 11) is 5.80. The number of quaternary nitrogens is 1. The molecule has 0 spiro atoms. The van der Waals surface area contributed by atoms with Crippen molar-refractivity contribution in [2.45, 2.75) is 45.1 Å². The average Bonchev–Trinajstić information content (AvgIpc) is 2.22. The highest BCUT2D eigenvalue weighted by Crippen LogP contribution is 2.12. The highest BCUT2D eigenvalue weighted by Gasteiger charge is 2.24. The van der Waals surface area contributed by atoms with Gasteiger partial charge in [0.2, 0.25) is 0 Å². The summed E-state index contributed by atoms with van der Waals surface area (Å²) in [5.74, 6) is -1.34. The number of nitrogens with zero attached hydrogens (tertiary/aromatic N) is 1. The molecular formula is C15H28NO4+. The normalized spacial score (nSPS) is 12.8. The lowest BCUT2D eigenvalue weighted by Crippen LogP contribution is -2.43. The number of rotatable bonds is 10. The molecule has 0 amide bonds. The lowest BCUT2D eigenvalue weighted by Gasteiger charge is -2.28. The Morgan fingerprint density at radius 2 is 1.90 bits per heavy atom. The first-order chi connectivity index (χ1) is 9.14. The molecule has 5 heteroatoms. The zero-order chi connectivity index (χ0) is 15.8. The first-order valence-electron chi connectivity index (χ1n) is 7.02. The fourth-order valence-corrected chi connectivity index (χ4v) is 1.90. The van der Waals surface area contributed by atoms with E-state index in [2.05, 4.69) is 13.5 Å². The predicted octanol–water partition coefficient (Wildman–Crippen LogP) is 2.22. The fraction of sp³-hybridized carbons (Fsp3) is 0.733. The third-order valence-electron chi connectivity index (χ3n) is 2.73. The number of hydrogen-bond donors (Lipinski definition) is 1. The van der Waals surface area contributed by atoms with Gasteiger partial charge >= 0.3 is 11.9 Å². The van der Waals surface area contributed by atoms with E-state index in [9.17, 15) is 9.59 Å². The zero-order valence-corrected chi connectivity index (χ0v) is 13.1. The summed E-state index contributed by atoms with van der Waals surface area (Å²) in [6.07, 6.45) is 2.28. The van der Waals surface area contributed by atoms with Crippen LogP contribution in [0.1, 0.15) is 39.0 Å². The molecule has 0 aliphatic heterocycles. The number of hydrogen-bond acceptors (Lipinski definition) is 3. The first kappa shape index (κ1) is 18.6. The summed E-state index contributed by atoms with van der Waals surface area (Å²) in [5, 5.41) is 8.88. The minimum absolute atomic E-state index is 0.164. The van der Waals surface area contributed by atoms with Gasteiger partial charge in [-0.3, -0.25) is 9.59 Å². The van der Waals surface area contributed by atoms with Gasteiger partial charge in [-0.2, -0.15) is 0 Å². The van der Waals surface area contributed by atoms with E-state index in [0.717, 1.165) is 24.8 Å². The Morgan fingerprint density at radius 1 is 1.30 bits per heavy atom. The van der Waals surface area contributed by atoms with Crippen LogP contribution in [0.2, 0.25) is 0 Å². The van der Waals surface area contributed by atoms with E-state index in [4.69, 9.17) is 9.84 Å². The second kappa shape index (κ2) is 8.74. The van der Waals surface area contributed by atoms with Crippen molar-refractivity contribution in [1.29, 1.82) is 0 Å². The number of carboxylic acid groups (broad SMARTS) is 1. The molecule has 0 aromatic heterocycles. The van der Waals surface area contributed by atoms with Crippen LogP contribution in [0.25, 0.3) is 0 Å². The Labute approximate surface area is 121 Å². The van der Waals surface area contributed by atoms with Crippen LogP contribution in [0.15, 0.2) is 12.2 Å². The minimum atomic E-state index is -0.957. The molecule has 1 atom stereocenters. The molecule has 0 aliphatic carbocycles. The number of esters is 1. The van der Waals surface area contributed by atoms with Gasteiger partial charge in [0.1, 0.15) is 6.54 Å². The maximum atomic E-state index is 11.8. The molecule has 1 N–H and O–H groups in total. The van der Waals surface area contributed by atoms with Gasteiger partial charge in [-0.05, 0) is 12.8 Å². The molecule has 0 aromatic rings. The van der Waals surface area contributed by atoms with Crippen LogP contribution in [0.4, 0.5) is 0 Å². The van der Waals surface area contributed by atoms with Gasteiger partial charge in [0.15, 0.2) is 6.10 Å². The molecular weight excluding hydrogens is 258 g/mol. The topological polar surface area (TPSA) is 63.6 Å². The van der Waals surface area contributed by atoms with E-state index in [0.29, 0.717) is 11.0 Å². The highest BCUT2D eigenvalue weighted by atomic mass is 16.5. The molecule has 0 rings (SSSR count). The lowest BCUT2D eigenvalue weighted by atomic mass is 10.1. The second-order valence-corrected chi connectivity index (χ2v) is 6.21. The zero-order valence-electron chi connectivity index (χ0n) is 13.1. The summed E-state index contributed by atoms with van der Waals surface area (Å²) in [6.45, 7) is 6.40. The van der Waals surface area contributed by atoms with Crippen molar-refractivity contribution in [3.63, 3.8) is 0 Å². The molecule has 0 radical (unpaired) electrons. The molecule has 0 saturated heterocycles. The molecule has 0 fully saturated rings. The number of aliphatic carboxylic acids is 1. The molecule has 116 valence electrons. The van der Waals surface area contributed by atoms with Gasteiger partial charge in [0.25, 0.3) is 0 Å². The van der Waals surface area contributed by atoms with Crippen LogP contribution in [-0.2, 0) is 14.3 Å². The van der Waals surface area contributed by atoms with Gasteiger partial charge in [-0.25, -0.2) is 0 Å². The SMILES string of the molecule is C=C(CCCC)CC(=O)OC(CC(=O)O)C[N+](C)(C)C. The van der Waals surface area contributed by atoms with Crippen molar-refractivity contribution in [2.24, 2.45) is 0 Å². The van der Waals surface area contributed by atoms with Crippen LogP contribution in [0.5, 0.6) is 0 Å². The Hall–Kier alpha value is -1.36. The van der Waals surface area contributed by atoms with Gasteiger partial charge in [-0.1, -0.05) is 25.5 Å². The van der Waals surface area contributed by atoms with E-state index in [1.807, 2.05) is 21.1 Å². The van der Waals surface area contributed by atoms with Crippen LogP contribution in [0, 0.1) is 0 Å². The number of unbranched alkanes of at least 4 members (excludes halogenated alkanes) is 1. The molecule has 0 bridgehead atoms. The average molecular weight is 286 g/mol. The summed E-state index contributed by atoms with van der Waals surface area (Å²) in [6, 6.07) is 0. The quantitative estimate of drug-likeness (QED) is 0.380. The van der Waals surface area contributed by atoms with Crippen molar-refractivity contribution < 1.29 is 23.9 Å². The monoisotopic (exact) mass is 286 g/mol. The number of likely N-dealkylation sites (N-methyl/N-ethyl adjacent to an activating group) is 1. The Balaban J connectivity index is 4.38. The number of carboxylic acids is 1. The third kappa shape index (κ3) is 10.6. The van der Waals surface area contributed by atoms with Gasteiger partial charge in [0, 0.05) is 0 Å². The molecule has 0 saturated carbocycles. The van der Waals surface area contributed by atoms with Crippen molar-refractivity contribution in [2.75, 3.05) is 27.7 Å². The first-order valence-corrected chi connectivity index (χ1v) is 7.02. The minimum Gasteiger partial charge on any atom is -0.481 e. The predicted molar refractivity (Wildman–Crippen MR) is 78.3 cm³/mol. The summed E-state index contributed by atoms with van der Waals surface area (Å²) in [4.78, 5) is 22.6. The maximum absolute atomic E-state index is 11.8. The van der Waals surface area contributed by atoms with Crippen LogP contribution >= 0.6 is 0 Å². The lowest BCUT2D eigenvalue weighted by molar-refractivity contribution is -0.873. The third-order valence-corrected chi connectivity index (χ3v) is 2.73. The standard InChI is InChI=1S/C15H27NO4/c1-6-7-8-12(2)9-15(19)20-13(10-14(17)18)11-16(3,4)5/h13H,2,6-11H2,1,3-5H3/p+1. The van der Waals surface area contributed by atoms with Crippen molar-refractivity contribution >= 4 is 11.9 Å². The number of carbonyl (C=O) groups excluding carboxylic acids is 1. The molecule has 20 heavy (non-hydrogen) atoms. The Kier molecular flexibility index (Phi) is 8.15. The number of carbonyl (C=O) groups is 2. The Bertz CT molecular complexity index is 344. The van der Waals surface area contributed by atoms with Gasteiger partial charge in [0.05, 0.1) is 34.0 Å². The summed E-state index contributed by atoms with van der Waals surface area (Å²) in [5.41, 5.74) is 0.844. The largest absolute Gasteiger partial charge is 0.481 e. The van der Waals surface area contributed by atoms with Crippen LogP contribution in [-0.4, -0.2) is 55.3 Å². The maximum Gasteiger partial charge on any atom is 0.310 e. The molecule has 5 nitrogen and oxygen atoms in total. The van der Waals surface area contributed by atoms with E-state index >= 15 is 0 Å². The van der Waals surface area contributed by atoms with Crippen molar-refractivity contribution in [3.05, 3.63) is 12.2 Å². The second-order valence-electron chi connectivity index (χ2n) is 6.21. The van der Waals surface area contributed by atoms with Gasteiger partial charge < -0.3 is 14.3 Å². The van der Waals surface area contributed by atoms with E-state index in [-0.39, 0.29) is 18.8 Å². The van der Waals surface area contributed by atoms with Gasteiger partial charge in [-0.15, -0.1) is 0 Å². The molecule has 0 heterocycles. The van der Waals surface area contributed by atoms with Crippen LogP contribution < -0.4 is 0 Å². The van der Waals surface area contributed by atoms with Crippen molar-refractivity contribution in [1.82, 2.24) is 0 Å². The smallest absolute Gasteiger partial charge is 0.310 e. The van der Waals surface area contributed by atoms with E-state index < -0.39 is 12.1 Å². The number of ether oxygens (including phenoxy) is 1. The molecule has 1 unspecified atom stereocenters. The Morgan fingerprint density at radius 3 is 2.35 bits per heavy atom. The van der Waals surface area contributed by atoms with Crippen molar-refractivity contribution in [3.8, 4) is 0 Å². The molecule has 0 aliphatic rings. The highest BCUT2D eigenvalue weighted by molar-refractivity contribution is 5.73. The van der Waals surface area contributed by atoms with E-state index in [1.165, 1.54) is 0 Å². The van der Waals surface area contributed by atoms with E-state index in [1.54, 1.807) is 0 Å². The van der Waals surface area contributed by atoms with Crippen LogP contribution in [0.3, 0.4) is 0 Å². The fourth-order valence-electron chi connectivity index (χ4n) is 1.90. The molecule has 0 aromatic carbocycles. The summed E-state index contributed by atoms with van der Waals surface area (Å²) >= 11 is 0. The summed E-state index contributed by atoms with van der Waals surface area (Å²) < 4.78 is 5.84.